The number of halogens is 1. The summed E-state index contributed by atoms with van der Waals surface area (Å²) in [5.41, 5.74) is 0. The van der Waals surface area contributed by atoms with Crippen LogP contribution in [0.15, 0.2) is 33.6 Å². The zero-order chi connectivity index (χ0) is 12.8. The second kappa shape index (κ2) is 6.66. The van der Waals surface area contributed by atoms with Crippen LogP contribution >= 0.6 is 27.7 Å². The molecule has 92 valence electrons. The smallest absolute Gasteiger partial charge is 0.325 e. The number of aliphatic carboxylic acids is 1. The molecule has 0 saturated heterocycles. The minimum absolute atomic E-state index is 0.202. The van der Waals surface area contributed by atoms with Crippen molar-refractivity contribution < 1.29 is 14.7 Å². The van der Waals surface area contributed by atoms with Crippen LogP contribution in [0.4, 0.5) is 0 Å². The van der Waals surface area contributed by atoms with Crippen LogP contribution in [0.25, 0.3) is 0 Å². The summed E-state index contributed by atoms with van der Waals surface area (Å²) in [6, 6.07) is 6.72. The highest BCUT2D eigenvalue weighted by Crippen LogP contribution is 2.21. The molecule has 0 radical (unpaired) electrons. The molecule has 4 nitrogen and oxygen atoms in total. The van der Waals surface area contributed by atoms with Crippen molar-refractivity contribution in [3.05, 3.63) is 28.7 Å². The zero-order valence-electron chi connectivity index (χ0n) is 9.14. The molecular weight excluding hydrogens is 306 g/mol. The number of hydrogen-bond donors (Lipinski definition) is 2. The van der Waals surface area contributed by atoms with E-state index in [1.807, 2.05) is 24.3 Å². The molecule has 0 spiro atoms. The van der Waals surface area contributed by atoms with E-state index in [1.54, 1.807) is 0 Å². The van der Waals surface area contributed by atoms with Gasteiger partial charge in [-0.2, -0.15) is 0 Å². The summed E-state index contributed by atoms with van der Waals surface area (Å²) in [7, 11) is 0. The summed E-state index contributed by atoms with van der Waals surface area (Å²) in [5.74, 6) is -1.12. The number of rotatable bonds is 5. The van der Waals surface area contributed by atoms with Gasteiger partial charge in [0, 0.05) is 9.37 Å². The van der Waals surface area contributed by atoms with Crippen molar-refractivity contribution in [2.45, 2.75) is 17.9 Å². The van der Waals surface area contributed by atoms with Crippen molar-refractivity contribution in [3.8, 4) is 0 Å². The minimum atomic E-state index is -1.04. The SMILES string of the molecule is C[C@@H](NC(=O)CSc1cccc(Br)c1)C(=O)O. The van der Waals surface area contributed by atoms with Crippen LogP contribution in [-0.2, 0) is 9.59 Å². The number of benzene rings is 1. The number of nitrogens with one attached hydrogen (secondary N) is 1. The molecule has 0 fully saturated rings. The molecule has 1 aromatic carbocycles. The van der Waals surface area contributed by atoms with Crippen LogP contribution in [0.5, 0.6) is 0 Å². The van der Waals surface area contributed by atoms with E-state index >= 15 is 0 Å². The molecule has 0 aromatic heterocycles. The molecule has 1 amide bonds. The Morgan fingerprint density at radius 3 is 2.82 bits per heavy atom. The fraction of sp³-hybridized carbons (Fsp3) is 0.273. The Balaban J connectivity index is 2.41. The normalized spacial score (nSPS) is 11.9. The Kier molecular flexibility index (Phi) is 5.50. The van der Waals surface area contributed by atoms with Gasteiger partial charge in [-0.1, -0.05) is 22.0 Å². The van der Waals surface area contributed by atoms with Gasteiger partial charge in [0.05, 0.1) is 5.75 Å². The summed E-state index contributed by atoms with van der Waals surface area (Å²) in [6.45, 7) is 1.43. The molecule has 0 aliphatic carbocycles. The molecule has 1 atom stereocenters. The molecule has 17 heavy (non-hydrogen) atoms. The van der Waals surface area contributed by atoms with Crippen molar-refractivity contribution in [2.24, 2.45) is 0 Å². The summed E-state index contributed by atoms with van der Waals surface area (Å²) >= 11 is 4.70. The molecule has 2 N–H and O–H groups in total. The quantitative estimate of drug-likeness (QED) is 0.816. The van der Waals surface area contributed by atoms with Gasteiger partial charge in [-0.15, -0.1) is 11.8 Å². The Morgan fingerprint density at radius 1 is 1.53 bits per heavy atom. The predicted molar refractivity (Wildman–Crippen MR) is 70.1 cm³/mol. The van der Waals surface area contributed by atoms with Gasteiger partial charge in [-0.05, 0) is 25.1 Å². The summed E-state index contributed by atoms with van der Waals surface area (Å²) < 4.78 is 0.946. The lowest BCUT2D eigenvalue weighted by atomic mass is 10.3. The second-order valence-electron chi connectivity index (χ2n) is 3.37. The van der Waals surface area contributed by atoms with Crippen molar-refractivity contribution in [1.82, 2.24) is 5.32 Å². The molecule has 1 rings (SSSR count). The van der Waals surface area contributed by atoms with Crippen LogP contribution in [0.2, 0.25) is 0 Å². The average Bonchev–Trinajstić information content (AvgIpc) is 2.26. The summed E-state index contributed by atoms with van der Waals surface area (Å²) in [5, 5.41) is 11.0. The fourth-order valence-electron chi connectivity index (χ4n) is 1.05. The summed E-state index contributed by atoms with van der Waals surface area (Å²) in [4.78, 5) is 22.9. The second-order valence-corrected chi connectivity index (χ2v) is 5.34. The van der Waals surface area contributed by atoms with Gasteiger partial charge in [-0.3, -0.25) is 9.59 Å². The number of carbonyl (C=O) groups is 2. The lowest BCUT2D eigenvalue weighted by molar-refractivity contribution is -0.140. The highest BCUT2D eigenvalue weighted by atomic mass is 79.9. The first-order valence-electron chi connectivity index (χ1n) is 4.89. The first kappa shape index (κ1) is 14.1. The highest BCUT2D eigenvalue weighted by Gasteiger charge is 2.13. The van der Waals surface area contributed by atoms with Gasteiger partial charge in [0.15, 0.2) is 0 Å². The third-order valence-corrected chi connectivity index (χ3v) is 3.40. The molecule has 0 saturated carbocycles. The Hall–Kier alpha value is -1.01. The van der Waals surface area contributed by atoms with Crippen LogP contribution in [-0.4, -0.2) is 28.8 Å². The largest absolute Gasteiger partial charge is 0.480 e. The summed E-state index contributed by atoms with van der Waals surface area (Å²) in [6.07, 6.45) is 0. The van der Waals surface area contributed by atoms with Crippen LogP contribution in [0.1, 0.15) is 6.92 Å². The molecule has 6 heteroatoms. The molecule has 0 aliphatic rings. The zero-order valence-corrected chi connectivity index (χ0v) is 11.5. The Bertz CT molecular complexity index is 425. The van der Waals surface area contributed by atoms with Crippen LogP contribution in [0, 0.1) is 0 Å². The third kappa shape index (κ3) is 5.23. The molecule has 0 bridgehead atoms. The van der Waals surface area contributed by atoms with E-state index in [2.05, 4.69) is 21.2 Å². The number of carbonyl (C=O) groups excluding carboxylic acids is 1. The molecule has 0 aliphatic heterocycles. The van der Waals surface area contributed by atoms with Crippen LogP contribution in [0.3, 0.4) is 0 Å². The standard InChI is InChI=1S/C11H12BrNO3S/c1-7(11(15)16)13-10(14)6-17-9-4-2-3-8(12)5-9/h2-5,7H,6H2,1H3,(H,13,14)(H,15,16)/t7-/m1/s1. The van der Waals surface area contributed by atoms with Gasteiger partial charge in [0.2, 0.25) is 5.91 Å². The number of carboxylic acids is 1. The van der Waals surface area contributed by atoms with Gasteiger partial charge in [0.1, 0.15) is 6.04 Å². The molecule has 0 unspecified atom stereocenters. The van der Waals surface area contributed by atoms with Gasteiger partial charge in [0.25, 0.3) is 0 Å². The maximum absolute atomic E-state index is 11.4. The predicted octanol–water partition coefficient (Wildman–Crippen LogP) is 2.13. The molecule has 1 aromatic rings. The maximum atomic E-state index is 11.4. The number of amides is 1. The van der Waals surface area contributed by atoms with Gasteiger partial charge in [-0.25, -0.2) is 0 Å². The topological polar surface area (TPSA) is 66.4 Å². The number of carboxylic acid groups (broad SMARTS) is 1. The lowest BCUT2D eigenvalue weighted by Crippen LogP contribution is -2.39. The van der Waals surface area contributed by atoms with Crippen molar-refractivity contribution in [1.29, 1.82) is 0 Å². The van der Waals surface area contributed by atoms with E-state index in [4.69, 9.17) is 5.11 Å². The molecule has 0 heterocycles. The highest BCUT2D eigenvalue weighted by molar-refractivity contribution is 9.10. The van der Waals surface area contributed by atoms with E-state index in [0.717, 1.165) is 9.37 Å². The Labute approximate surface area is 112 Å². The van der Waals surface area contributed by atoms with E-state index in [9.17, 15) is 9.59 Å². The molecular formula is C11H12BrNO3S. The van der Waals surface area contributed by atoms with E-state index < -0.39 is 12.0 Å². The van der Waals surface area contributed by atoms with E-state index in [1.165, 1.54) is 18.7 Å². The third-order valence-electron chi connectivity index (χ3n) is 1.91. The maximum Gasteiger partial charge on any atom is 0.325 e. The lowest BCUT2D eigenvalue weighted by Gasteiger charge is -2.08. The number of thioether (sulfide) groups is 1. The first-order chi connectivity index (χ1) is 7.99. The monoisotopic (exact) mass is 317 g/mol. The van der Waals surface area contributed by atoms with Crippen molar-refractivity contribution in [2.75, 3.05) is 5.75 Å². The van der Waals surface area contributed by atoms with Gasteiger partial charge < -0.3 is 10.4 Å². The van der Waals surface area contributed by atoms with Crippen molar-refractivity contribution in [3.63, 3.8) is 0 Å². The van der Waals surface area contributed by atoms with E-state index in [0.29, 0.717) is 0 Å². The average molecular weight is 318 g/mol. The van der Waals surface area contributed by atoms with E-state index in [-0.39, 0.29) is 11.7 Å². The Morgan fingerprint density at radius 2 is 2.24 bits per heavy atom. The van der Waals surface area contributed by atoms with Gasteiger partial charge >= 0.3 is 5.97 Å². The number of hydrogen-bond acceptors (Lipinski definition) is 3. The van der Waals surface area contributed by atoms with Crippen molar-refractivity contribution >= 4 is 39.6 Å². The fourth-order valence-corrected chi connectivity index (χ4v) is 2.37. The minimum Gasteiger partial charge on any atom is -0.480 e. The van der Waals surface area contributed by atoms with Crippen LogP contribution < -0.4 is 5.32 Å². The first-order valence-corrected chi connectivity index (χ1v) is 6.67.